The number of halogens is 1. The largest absolute Gasteiger partial charge is 0.481 e. The third-order valence-corrected chi connectivity index (χ3v) is 3.30. The fraction of sp³-hybridized carbons (Fsp3) is 0.429. The van der Waals surface area contributed by atoms with Crippen LogP contribution in [0.2, 0.25) is 5.02 Å². The lowest BCUT2D eigenvalue weighted by Crippen LogP contribution is -2.40. The molecule has 0 radical (unpaired) electrons. The number of hydrogen-bond acceptors (Lipinski definition) is 2. The molecule has 2 N–H and O–H groups in total. The molecule has 104 valence electrons. The van der Waals surface area contributed by atoms with Gasteiger partial charge in [-0.15, -0.1) is 0 Å². The van der Waals surface area contributed by atoms with Crippen LogP contribution in [0.4, 0.5) is 0 Å². The molecular weight excluding hydrogens is 266 g/mol. The number of hydrogen-bond donors (Lipinski definition) is 2. The van der Waals surface area contributed by atoms with Gasteiger partial charge < -0.3 is 10.4 Å². The first-order valence-corrected chi connectivity index (χ1v) is 6.48. The molecule has 0 unspecified atom stereocenters. The van der Waals surface area contributed by atoms with E-state index in [-0.39, 0.29) is 12.3 Å². The van der Waals surface area contributed by atoms with Crippen LogP contribution in [0, 0.1) is 0 Å². The minimum absolute atomic E-state index is 0.0484. The van der Waals surface area contributed by atoms with Crippen molar-refractivity contribution >= 4 is 23.5 Å². The highest BCUT2D eigenvalue weighted by atomic mass is 35.5. The van der Waals surface area contributed by atoms with E-state index in [1.54, 1.807) is 19.9 Å². The summed E-state index contributed by atoms with van der Waals surface area (Å²) in [6.45, 7) is 3.93. The normalized spacial score (nSPS) is 11.1. The maximum Gasteiger partial charge on any atom is 0.303 e. The van der Waals surface area contributed by atoms with Gasteiger partial charge in [-0.25, -0.2) is 0 Å². The number of carbonyl (C=O) groups is 2. The molecule has 0 aliphatic carbocycles. The minimum Gasteiger partial charge on any atom is -0.481 e. The van der Waals surface area contributed by atoms with Crippen molar-refractivity contribution in [3.8, 4) is 0 Å². The van der Waals surface area contributed by atoms with E-state index >= 15 is 0 Å². The molecule has 0 heterocycles. The van der Waals surface area contributed by atoms with Gasteiger partial charge in [0.2, 0.25) is 5.91 Å². The zero-order valence-electron chi connectivity index (χ0n) is 11.1. The van der Waals surface area contributed by atoms with E-state index in [1.165, 1.54) is 0 Å². The topological polar surface area (TPSA) is 66.4 Å². The first-order valence-electron chi connectivity index (χ1n) is 6.11. The standard InChI is InChI=1S/C14H18ClNO3/c1-14(2,10-6-3-4-7-11(10)15)13(19)16-9-5-8-12(17)18/h3-4,6-7H,5,8-9H2,1-2H3,(H,16,19)(H,17,18). The Kier molecular flexibility index (Phi) is 5.36. The van der Waals surface area contributed by atoms with E-state index < -0.39 is 11.4 Å². The highest BCUT2D eigenvalue weighted by Crippen LogP contribution is 2.29. The molecule has 0 aromatic heterocycles. The lowest BCUT2D eigenvalue weighted by Gasteiger charge is -2.25. The molecule has 0 saturated carbocycles. The first-order chi connectivity index (χ1) is 8.85. The highest BCUT2D eigenvalue weighted by Gasteiger charge is 2.31. The molecule has 0 bridgehead atoms. The van der Waals surface area contributed by atoms with Crippen LogP contribution in [-0.4, -0.2) is 23.5 Å². The molecule has 0 atom stereocenters. The van der Waals surface area contributed by atoms with Gasteiger partial charge in [0, 0.05) is 18.0 Å². The molecule has 0 spiro atoms. The van der Waals surface area contributed by atoms with Crippen molar-refractivity contribution in [2.45, 2.75) is 32.1 Å². The summed E-state index contributed by atoms with van der Waals surface area (Å²) in [7, 11) is 0. The van der Waals surface area contributed by atoms with Gasteiger partial charge in [-0.2, -0.15) is 0 Å². The van der Waals surface area contributed by atoms with E-state index in [9.17, 15) is 9.59 Å². The average molecular weight is 284 g/mol. The Balaban J connectivity index is 2.64. The number of carboxylic acids is 1. The van der Waals surface area contributed by atoms with Gasteiger partial charge in [-0.05, 0) is 31.9 Å². The SMILES string of the molecule is CC(C)(C(=O)NCCCC(=O)O)c1ccccc1Cl. The minimum atomic E-state index is -0.861. The van der Waals surface area contributed by atoms with Crippen LogP contribution in [-0.2, 0) is 15.0 Å². The van der Waals surface area contributed by atoms with E-state index in [0.717, 1.165) is 5.56 Å². The van der Waals surface area contributed by atoms with Crippen LogP contribution in [0.25, 0.3) is 0 Å². The summed E-state index contributed by atoms with van der Waals surface area (Å²) in [6, 6.07) is 7.21. The molecule has 5 heteroatoms. The smallest absolute Gasteiger partial charge is 0.303 e. The van der Waals surface area contributed by atoms with Crippen molar-refractivity contribution in [3.63, 3.8) is 0 Å². The number of aliphatic carboxylic acids is 1. The molecular formula is C14H18ClNO3. The van der Waals surface area contributed by atoms with E-state index in [2.05, 4.69) is 5.32 Å². The van der Waals surface area contributed by atoms with Gasteiger partial charge in [-0.1, -0.05) is 29.8 Å². The van der Waals surface area contributed by atoms with Gasteiger partial charge in [-0.3, -0.25) is 9.59 Å². The Labute approximate surface area is 117 Å². The molecule has 1 rings (SSSR count). The second-order valence-corrected chi connectivity index (χ2v) is 5.27. The van der Waals surface area contributed by atoms with Crippen LogP contribution < -0.4 is 5.32 Å². The summed E-state index contributed by atoms with van der Waals surface area (Å²) in [5.41, 5.74) is 0.00841. The van der Waals surface area contributed by atoms with Crippen molar-refractivity contribution in [3.05, 3.63) is 34.9 Å². The fourth-order valence-corrected chi connectivity index (χ4v) is 2.12. The van der Waals surface area contributed by atoms with Crippen LogP contribution >= 0.6 is 11.6 Å². The number of carboxylic acid groups (broad SMARTS) is 1. The molecule has 1 aromatic rings. The van der Waals surface area contributed by atoms with Gasteiger partial charge in [0.1, 0.15) is 0 Å². The van der Waals surface area contributed by atoms with Crippen LogP contribution in [0.15, 0.2) is 24.3 Å². The van der Waals surface area contributed by atoms with E-state index in [4.69, 9.17) is 16.7 Å². The molecule has 0 fully saturated rings. The lowest BCUT2D eigenvalue weighted by atomic mass is 9.83. The second-order valence-electron chi connectivity index (χ2n) is 4.86. The second kappa shape index (κ2) is 6.57. The Bertz CT molecular complexity index is 472. The predicted molar refractivity (Wildman–Crippen MR) is 74.4 cm³/mol. The zero-order chi connectivity index (χ0) is 14.5. The molecule has 1 amide bonds. The molecule has 1 aromatic carbocycles. The quantitative estimate of drug-likeness (QED) is 0.789. The monoisotopic (exact) mass is 283 g/mol. The van der Waals surface area contributed by atoms with Gasteiger partial charge >= 0.3 is 5.97 Å². The predicted octanol–water partition coefficient (Wildman–Crippen LogP) is 2.60. The van der Waals surface area contributed by atoms with Gasteiger partial charge in [0.25, 0.3) is 0 Å². The summed E-state index contributed by atoms with van der Waals surface area (Å²) in [4.78, 5) is 22.5. The fourth-order valence-electron chi connectivity index (χ4n) is 1.75. The molecule has 4 nitrogen and oxygen atoms in total. The van der Waals surface area contributed by atoms with Crippen molar-refractivity contribution in [1.82, 2.24) is 5.32 Å². The maximum absolute atomic E-state index is 12.1. The Morgan fingerprint density at radius 2 is 1.95 bits per heavy atom. The Morgan fingerprint density at radius 3 is 2.53 bits per heavy atom. The number of rotatable bonds is 6. The van der Waals surface area contributed by atoms with E-state index in [1.807, 2.05) is 18.2 Å². The summed E-state index contributed by atoms with van der Waals surface area (Å²) >= 11 is 6.10. The average Bonchev–Trinajstić information content (AvgIpc) is 2.34. The third kappa shape index (κ3) is 4.24. The molecule has 0 aliphatic heterocycles. The Morgan fingerprint density at radius 1 is 1.32 bits per heavy atom. The van der Waals surface area contributed by atoms with Crippen molar-refractivity contribution in [1.29, 1.82) is 0 Å². The molecule has 19 heavy (non-hydrogen) atoms. The van der Waals surface area contributed by atoms with Crippen molar-refractivity contribution in [2.75, 3.05) is 6.54 Å². The van der Waals surface area contributed by atoms with Gasteiger partial charge in [0.05, 0.1) is 5.41 Å². The highest BCUT2D eigenvalue weighted by molar-refractivity contribution is 6.31. The number of amides is 1. The summed E-state index contributed by atoms with van der Waals surface area (Å²) in [5, 5.41) is 11.8. The van der Waals surface area contributed by atoms with Crippen LogP contribution in [0.3, 0.4) is 0 Å². The third-order valence-electron chi connectivity index (χ3n) is 2.97. The van der Waals surface area contributed by atoms with Crippen molar-refractivity contribution in [2.24, 2.45) is 0 Å². The summed E-state index contributed by atoms with van der Waals surface area (Å²) in [6.07, 6.45) is 0.465. The number of nitrogens with one attached hydrogen (secondary N) is 1. The number of benzene rings is 1. The van der Waals surface area contributed by atoms with Gasteiger partial charge in [0.15, 0.2) is 0 Å². The van der Waals surface area contributed by atoms with Crippen LogP contribution in [0.5, 0.6) is 0 Å². The zero-order valence-corrected chi connectivity index (χ0v) is 11.8. The summed E-state index contributed by atoms with van der Waals surface area (Å²) in [5.74, 6) is -1.02. The van der Waals surface area contributed by atoms with E-state index in [0.29, 0.717) is 18.0 Å². The Hall–Kier alpha value is -1.55. The number of carbonyl (C=O) groups excluding carboxylic acids is 1. The molecule has 0 aliphatic rings. The first kappa shape index (κ1) is 15.5. The van der Waals surface area contributed by atoms with Crippen LogP contribution in [0.1, 0.15) is 32.3 Å². The lowest BCUT2D eigenvalue weighted by molar-refractivity contribution is -0.137. The maximum atomic E-state index is 12.1. The summed E-state index contributed by atoms with van der Waals surface area (Å²) < 4.78 is 0. The van der Waals surface area contributed by atoms with Crippen molar-refractivity contribution < 1.29 is 14.7 Å². The molecule has 0 saturated heterocycles.